The van der Waals surface area contributed by atoms with E-state index in [1.165, 1.54) is 18.2 Å². The SMILES string of the molecule is OCc1ccc2nc(-c3cccc(OC(F)(F)F)c3)[nH]c2c1. The van der Waals surface area contributed by atoms with E-state index in [1.807, 2.05) is 0 Å². The summed E-state index contributed by atoms with van der Waals surface area (Å²) in [6.07, 6.45) is -4.73. The molecular formula is C15H11F3N2O2. The number of aromatic amines is 1. The lowest BCUT2D eigenvalue weighted by atomic mass is 10.2. The molecule has 0 aliphatic rings. The molecule has 0 amide bonds. The first-order chi connectivity index (χ1) is 10.4. The van der Waals surface area contributed by atoms with E-state index in [0.717, 1.165) is 5.56 Å². The van der Waals surface area contributed by atoms with Crippen molar-refractivity contribution in [2.75, 3.05) is 0 Å². The third-order valence-corrected chi connectivity index (χ3v) is 3.07. The maximum absolute atomic E-state index is 12.3. The zero-order chi connectivity index (χ0) is 15.7. The zero-order valence-electron chi connectivity index (χ0n) is 11.2. The maximum Gasteiger partial charge on any atom is 0.573 e. The molecule has 0 saturated carbocycles. The van der Waals surface area contributed by atoms with Crippen molar-refractivity contribution in [2.24, 2.45) is 0 Å². The Balaban J connectivity index is 1.98. The molecule has 1 aromatic heterocycles. The Hall–Kier alpha value is -2.54. The van der Waals surface area contributed by atoms with Crippen molar-refractivity contribution in [1.29, 1.82) is 0 Å². The van der Waals surface area contributed by atoms with E-state index in [4.69, 9.17) is 5.11 Å². The fourth-order valence-corrected chi connectivity index (χ4v) is 2.13. The number of alkyl halides is 3. The first-order valence-electron chi connectivity index (χ1n) is 6.40. The van der Waals surface area contributed by atoms with Crippen LogP contribution in [0, 0.1) is 0 Å². The molecule has 114 valence electrons. The number of ether oxygens (including phenoxy) is 1. The number of aliphatic hydroxyl groups excluding tert-OH is 1. The molecule has 2 N–H and O–H groups in total. The van der Waals surface area contributed by atoms with Crippen molar-refractivity contribution in [3.8, 4) is 17.1 Å². The predicted molar refractivity (Wildman–Crippen MR) is 74.1 cm³/mol. The third-order valence-electron chi connectivity index (χ3n) is 3.07. The number of rotatable bonds is 3. The molecular weight excluding hydrogens is 297 g/mol. The average Bonchev–Trinajstić information content (AvgIpc) is 2.88. The van der Waals surface area contributed by atoms with Gasteiger partial charge in [0.05, 0.1) is 17.6 Å². The molecule has 0 saturated heterocycles. The number of benzene rings is 2. The normalized spacial score (nSPS) is 11.8. The minimum absolute atomic E-state index is 0.0980. The van der Waals surface area contributed by atoms with Gasteiger partial charge in [0.15, 0.2) is 0 Å². The van der Waals surface area contributed by atoms with Gasteiger partial charge < -0.3 is 14.8 Å². The molecule has 4 nitrogen and oxygen atoms in total. The van der Waals surface area contributed by atoms with Crippen molar-refractivity contribution < 1.29 is 23.0 Å². The summed E-state index contributed by atoms with van der Waals surface area (Å²) in [5.41, 5.74) is 2.55. The Morgan fingerprint density at radius 1 is 1.14 bits per heavy atom. The highest BCUT2D eigenvalue weighted by molar-refractivity contribution is 5.80. The first-order valence-corrected chi connectivity index (χ1v) is 6.40. The summed E-state index contributed by atoms with van der Waals surface area (Å²) in [6.45, 7) is -0.0980. The highest BCUT2D eigenvalue weighted by Crippen LogP contribution is 2.28. The predicted octanol–water partition coefficient (Wildman–Crippen LogP) is 3.62. The van der Waals surface area contributed by atoms with Gasteiger partial charge in [-0.25, -0.2) is 4.98 Å². The standard InChI is InChI=1S/C15H11F3N2O2/c16-15(17,18)22-11-3-1-2-10(7-11)14-19-12-5-4-9(8-21)6-13(12)20-14/h1-7,21H,8H2,(H,19,20). The number of hydrogen-bond acceptors (Lipinski definition) is 3. The number of hydrogen-bond donors (Lipinski definition) is 2. The lowest BCUT2D eigenvalue weighted by Gasteiger charge is -2.09. The van der Waals surface area contributed by atoms with Crippen LogP contribution >= 0.6 is 0 Å². The summed E-state index contributed by atoms with van der Waals surface area (Å²) in [4.78, 5) is 7.34. The van der Waals surface area contributed by atoms with E-state index in [9.17, 15) is 13.2 Å². The van der Waals surface area contributed by atoms with Crippen molar-refractivity contribution in [1.82, 2.24) is 9.97 Å². The number of imidazole rings is 1. The summed E-state index contributed by atoms with van der Waals surface area (Å²) in [5.74, 6) is 0.124. The summed E-state index contributed by atoms with van der Waals surface area (Å²) in [7, 11) is 0. The molecule has 0 spiro atoms. The van der Waals surface area contributed by atoms with Crippen LogP contribution in [0.2, 0.25) is 0 Å². The largest absolute Gasteiger partial charge is 0.573 e. The molecule has 0 radical (unpaired) electrons. The Bertz CT molecular complexity index is 812. The fourth-order valence-electron chi connectivity index (χ4n) is 2.13. The highest BCUT2D eigenvalue weighted by atomic mass is 19.4. The molecule has 0 fully saturated rings. The Morgan fingerprint density at radius 2 is 1.95 bits per heavy atom. The van der Waals surface area contributed by atoms with Gasteiger partial charge in [-0.15, -0.1) is 13.2 Å². The lowest BCUT2D eigenvalue weighted by Crippen LogP contribution is -2.17. The summed E-state index contributed by atoms with van der Waals surface area (Å²) in [6, 6.07) is 10.8. The third kappa shape index (κ3) is 3.04. The van der Waals surface area contributed by atoms with Crippen LogP contribution in [-0.2, 0) is 6.61 Å². The molecule has 7 heteroatoms. The summed E-state index contributed by atoms with van der Waals surface area (Å²) < 4.78 is 40.7. The quantitative estimate of drug-likeness (QED) is 0.777. The van der Waals surface area contributed by atoms with E-state index >= 15 is 0 Å². The fraction of sp³-hybridized carbons (Fsp3) is 0.133. The van der Waals surface area contributed by atoms with Crippen LogP contribution in [0.3, 0.4) is 0 Å². The number of aromatic nitrogens is 2. The summed E-state index contributed by atoms with van der Waals surface area (Å²) in [5, 5.41) is 9.11. The van der Waals surface area contributed by atoms with Crippen LogP contribution < -0.4 is 4.74 Å². The van der Waals surface area contributed by atoms with Crippen LogP contribution in [0.25, 0.3) is 22.4 Å². The Morgan fingerprint density at radius 3 is 2.68 bits per heavy atom. The highest BCUT2D eigenvalue weighted by Gasteiger charge is 2.31. The number of nitrogens with zero attached hydrogens (tertiary/aromatic N) is 1. The topological polar surface area (TPSA) is 58.1 Å². The number of fused-ring (bicyclic) bond motifs is 1. The van der Waals surface area contributed by atoms with E-state index in [1.54, 1.807) is 24.3 Å². The Kier molecular flexibility index (Phi) is 3.50. The first kappa shape index (κ1) is 14.4. The van der Waals surface area contributed by atoms with Gasteiger partial charge in [-0.2, -0.15) is 0 Å². The maximum atomic E-state index is 12.3. The van der Waals surface area contributed by atoms with Crippen molar-refractivity contribution in [3.05, 3.63) is 48.0 Å². The van der Waals surface area contributed by atoms with E-state index < -0.39 is 6.36 Å². The van der Waals surface area contributed by atoms with E-state index in [-0.39, 0.29) is 12.4 Å². The van der Waals surface area contributed by atoms with Crippen molar-refractivity contribution >= 4 is 11.0 Å². The second kappa shape index (κ2) is 5.34. The Labute approximate surface area is 123 Å². The van der Waals surface area contributed by atoms with Crippen LogP contribution in [0.1, 0.15) is 5.56 Å². The molecule has 0 aliphatic carbocycles. The molecule has 2 aromatic carbocycles. The second-order valence-electron chi connectivity index (χ2n) is 4.67. The lowest BCUT2D eigenvalue weighted by molar-refractivity contribution is -0.274. The molecule has 0 bridgehead atoms. The van der Waals surface area contributed by atoms with Gasteiger partial charge >= 0.3 is 6.36 Å². The number of nitrogens with one attached hydrogen (secondary N) is 1. The van der Waals surface area contributed by atoms with Gasteiger partial charge in [0.1, 0.15) is 11.6 Å². The van der Waals surface area contributed by atoms with Crippen LogP contribution in [-0.4, -0.2) is 21.4 Å². The molecule has 22 heavy (non-hydrogen) atoms. The van der Waals surface area contributed by atoms with E-state index in [0.29, 0.717) is 22.4 Å². The van der Waals surface area contributed by atoms with Gasteiger partial charge in [0, 0.05) is 5.56 Å². The van der Waals surface area contributed by atoms with Crippen molar-refractivity contribution in [2.45, 2.75) is 13.0 Å². The van der Waals surface area contributed by atoms with Gasteiger partial charge in [0.2, 0.25) is 0 Å². The number of H-pyrrole nitrogens is 1. The zero-order valence-corrected chi connectivity index (χ0v) is 11.2. The minimum Gasteiger partial charge on any atom is -0.406 e. The summed E-state index contributed by atoms with van der Waals surface area (Å²) >= 11 is 0. The molecule has 1 heterocycles. The molecule has 0 unspecified atom stereocenters. The average molecular weight is 308 g/mol. The van der Waals surface area contributed by atoms with E-state index in [2.05, 4.69) is 14.7 Å². The monoisotopic (exact) mass is 308 g/mol. The molecule has 0 aliphatic heterocycles. The smallest absolute Gasteiger partial charge is 0.406 e. The van der Waals surface area contributed by atoms with Crippen molar-refractivity contribution in [3.63, 3.8) is 0 Å². The number of halogens is 3. The molecule has 3 aromatic rings. The van der Waals surface area contributed by atoms with Gasteiger partial charge in [-0.05, 0) is 29.8 Å². The minimum atomic E-state index is -4.73. The van der Waals surface area contributed by atoms with Gasteiger partial charge in [-0.3, -0.25) is 0 Å². The van der Waals surface area contributed by atoms with Crippen LogP contribution in [0.5, 0.6) is 5.75 Å². The molecule has 0 atom stereocenters. The molecule has 3 rings (SSSR count). The van der Waals surface area contributed by atoms with Crippen LogP contribution in [0.4, 0.5) is 13.2 Å². The second-order valence-corrected chi connectivity index (χ2v) is 4.67. The number of aliphatic hydroxyl groups is 1. The van der Waals surface area contributed by atoms with Crippen LogP contribution in [0.15, 0.2) is 42.5 Å². The van der Waals surface area contributed by atoms with Gasteiger partial charge in [0.25, 0.3) is 0 Å². The van der Waals surface area contributed by atoms with Gasteiger partial charge in [-0.1, -0.05) is 18.2 Å².